The SMILES string of the molecule is Cc1cc(C)c2c(C)c(C)c3c(c2c1C)CCC(C)C3. The molecule has 0 nitrogen and oxygen atoms in total. The molecule has 3 rings (SSSR count). The quantitative estimate of drug-likeness (QED) is 0.590. The van der Waals surface area contributed by atoms with Crippen LogP contribution in [0.15, 0.2) is 6.07 Å². The fraction of sp³-hybridized carbons (Fsp3) is 0.500. The Morgan fingerprint density at radius 1 is 0.800 bits per heavy atom. The average molecular weight is 266 g/mol. The Labute approximate surface area is 123 Å². The summed E-state index contributed by atoms with van der Waals surface area (Å²) in [5, 5.41) is 3.10. The largest absolute Gasteiger partial charge is 0.0622 e. The van der Waals surface area contributed by atoms with Gasteiger partial charge in [0, 0.05) is 0 Å². The van der Waals surface area contributed by atoms with E-state index in [0.717, 1.165) is 5.92 Å². The van der Waals surface area contributed by atoms with E-state index in [1.165, 1.54) is 46.9 Å². The van der Waals surface area contributed by atoms with Gasteiger partial charge in [-0.3, -0.25) is 0 Å². The Morgan fingerprint density at radius 2 is 1.50 bits per heavy atom. The van der Waals surface area contributed by atoms with Crippen molar-refractivity contribution in [3.63, 3.8) is 0 Å². The van der Waals surface area contributed by atoms with Gasteiger partial charge >= 0.3 is 0 Å². The molecule has 0 aliphatic heterocycles. The monoisotopic (exact) mass is 266 g/mol. The number of hydrogen-bond acceptors (Lipinski definition) is 0. The fourth-order valence-corrected chi connectivity index (χ4v) is 4.13. The van der Waals surface area contributed by atoms with Crippen LogP contribution in [0.5, 0.6) is 0 Å². The van der Waals surface area contributed by atoms with Crippen molar-refractivity contribution in [2.75, 3.05) is 0 Å². The van der Waals surface area contributed by atoms with Crippen molar-refractivity contribution in [2.24, 2.45) is 5.92 Å². The van der Waals surface area contributed by atoms with Crippen LogP contribution in [0.4, 0.5) is 0 Å². The molecule has 106 valence electrons. The third-order valence-corrected chi connectivity index (χ3v) is 5.54. The maximum absolute atomic E-state index is 2.40. The van der Waals surface area contributed by atoms with Crippen LogP contribution in [-0.2, 0) is 12.8 Å². The molecule has 0 fully saturated rings. The van der Waals surface area contributed by atoms with E-state index in [-0.39, 0.29) is 0 Å². The third kappa shape index (κ3) is 1.81. The smallest absolute Gasteiger partial charge is 0.0112 e. The molecule has 0 saturated heterocycles. The van der Waals surface area contributed by atoms with Gasteiger partial charge in [0.2, 0.25) is 0 Å². The second-order valence-electron chi connectivity index (χ2n) is 6.94. The Hall–Kier alpha value is -1.30. The van der Waals surface area contributed by atoms with Crippen LogP contribution in [-0.4, -0.2) is 0 Å². The molecule has 0 spiro atoms. The Bertz CT molecular complexity index is 704. The van der Waals surface area contributed by atoms with Crippen molar-refractivity contribution >= 4 is 10.8 Å². The lowest BCUT2D eigenvalue weighted by atomic mass is 9.76. The van der Waals surface area contributed by atoms with Crippen molar-refractivity contribution in [3.8, 4) is 0 Å². The average Bonchev–Trinajstić information content (AvgIpc) is 2.40. The summed E-state index contributed by atoms with van der Waals surface area (Å²) in [4.78, 5) is 0. The first-order valence-corrected chi connectivity index (χ1v) is 7.93. The molecular formula is C20H26. The van der Waals surface area contributed by atoms with Crippen LogP contribution >= 0.6 is 0 Å². The van der Waals surface area contributed by atoms with Gasteiger partial charge in [-0.25, -0.2) is 0 Å². The molecule has 0 N–H and O–H groups in total. The van der Waals surface area contributed by atoms with Crippen LogP contribution in [0, 0.1) is 40.5 Å². The molecule has 0 aromatic heterocycles. The first-order valence-electron chi connectivity index (χ1n) is 7.93. The lowest BCUT2D eigenvalue weighted by Crippen LogP contribution is -2.15. The Morgan fingerprint density at radius 3 is 2.20 bits per heavy atom. The van der Waals surface area contributed by atoms with Crippen LogP contribution in [0.3, 0.4) is 0 Å². The lowest BCUT2D eigenvalue weighted by molar-refractivity contribution is 0.501. The molecular weight excluding hydrogens is 240 g/mol. The standard InChI is InChI=1S/C20H26/c1-11-7-8-17-18(9-11)15(5)16(6)19-13(3)10-12(2)14(4)20(17)19/h10-11H,7-9H2,1-6H3. The van der Waals surface area contributed by atoms with E-state index >= 15 is 0 Å². The molecule has 0 saturated carbocycles. The van der Waals surface area contributed by atoms with Crippen LogP contribution < -0.4 is 0 Å². The summed E-state index contributed by atoms with van der Waals surface area (Å²) in [6, 6.07) is 2.36. The first kappa shape index (κ1) is 13.7. The normalized spacial score (nSPS) is 18.4. The number of aryl methyl sites for hydroxylation is 5. The van der Waals surface area contributed by atoms with Crippen molar-refractivity contribution in [1.29, 1.82) is 0 Å². The summed E-state index contributed by atoms with van der Waals surface area (Å²) < 4.78 is 0. The van der Waals surface area contributed by atoms with Gasteiger partial charge in [0.1, 0.15) is 0 Å². The van der Waals surface area contributed by atoms with Gasteiger partial charge in [-0.15, -0.1) is 0 Å². The van der Waals surface area contributed by atoms with Gasteiger partial charge in [-0.1, -0.05) is 13.0 Å². The van der Waals surface area contributed by atoms with E-state index in [0.29, 0.717) is 0 Å². The Kier molecular flexibility index (Phi) is 3.16. The highest BCUT2D eigenvalue weighted by Gasteiger charge is 2.23. The molecule has 0 radical (unpaired) electrons. The summed E-state index contributed by atoms with van der Waals surface area (Å²) in [5.41, 5.74) is 10.8. The highest BCUT2D eigenvalue weighted by Crippen LogP contribution is 2.39. The van der Waals surface area contributed by atoms with Gasteiger partial charge in [-0.05, 0) is 110 Å². The second-order valence-corrected chi connectivity index (χ2v) is 6.94. The molecule has 1 aliphatic rings. The highest BCUT2D eigenvalue weighted by molar-refractivity contribution is 5.96. The van der Waals surface area contributed by atoms with Crippen molar-refractivity contribution in [1.82, 2.24) is 0 Å². The number of rotatable bonds is 0. The molecule has 1 atom stereocenters. The zero-order valence-corrected chi connectivity index (χ0v) is 13.8. The highest BCUT2D eigenvalue weighted by atomic mass is 14.3. The molecule has 0 amide bonds. The summed E-state index contributed by atoms with van der Waals surface area (Å²) >= 11 is 0. The predicted molar refractivity (Wildman–Crippen MR) is 88.8 cm³/mol. The van der Waals surface area contributed by atoms with E-state index in [1.807, 2.05) is 0 Å². The molecule has 20 heavy (non-hydrogen) atoms. The predicted octanol–water partition coefficient (Wildman–Crippen LogP) is 5.51. The van der Waals surface area contributed by atoms with Gasteiger partial charge in [0.15, 0.2) is 0 Å². The first-order chi connectivity index (χ1) is 9.41. The maximum Gasteiger partial charge on any atom is -0.0112 e. The minimum absolute atomic E-state index is 0.837. The van der Waals surface area contributed by atoms with Crippen LogP contribution in [0.1, 0.15) is 52.3 Å². The summed E-state index contributed by atoms with van der Waals surface area (Å²) in [7, 11) is 0. The van der Waals surface area contributed by atoms with Crippen LogP contribution in [0.2, 0.25) is 0 Å². The van der Waals surface area contributed by atoms with Gasteiger partial charge in [0.25, 0.3) is 0 Å². The molecule has 1 aliphatic carbocycles. The molecule has 0 bridgehead atoms. The lowest BCUT2D eigenvalue weighted by Gasteiger charge is -2.28. The van der Waals surface area contributed by atoms with E-state index in [1.54, 1.807) is 22.1 Å². The maximum atomic E-state index is 2.40. The summed E-state index contributed by atoms with van der Waals surface area (Å²) in [6.07, 6.45) is 3.87. The molecule has 0 heteroatoms. The molecule has 0 heterocycles. The summed E-state index contributed by atoms with van der Waals surface area (Å²) in [5.74, 6) is 0.837. The third-order valence-electron chi connectivity index (χ3n) is 5.54. The topological polar surface area (TPSA) is 0 Å². The van der Waals surface area contributed by atoms with Gasteiger partial charge in [-0.2, -0.15) is 0 Å². The molecule has 1 unspecified atom stereocenters. The van der Waals surface area contributed by atoms with Crippen LogP contribution in [0.25, 0.3) is 10.8 Å². The minimum atomic E-state index is 0.837. The van der Waals surface area contributed by atoms with Crippen molar-refractivity contribution < 1.29 is 0 Å². The van der Waals surface area contributed by atoms with Gasteiger partial charge < -0.3 is 0 Å². The van der Waals surface area contributed by atoms with Crippen molar-refractivity contribution in [2.45, 2.75) is 60.8 Å². The second kappa shape index (κ2) is 4.62. The Balaban J connectivity index is 2.51. The molecule has 2 aromatic carbocycles. The van der Waals surface area contributed by atoms with Crippen molar-refractivity contribution in [3.05, 3.63) is 45.0 Å². The number of fused-ring (bicyclic) bond motifs is 3. The van der Waals surface area contributed by atoms with Gasteiger partial charge in [0.05, 0.1) is 0 Å². The zero-order chi connectivity index (χ0) is 14.6. The zero-order valence-electron chi connectivity index (χ0n) is 13.8. The number of hydrogen-bond donors (Lipinski definition) is 0. The van der Waals surface area contributed by atoms with E-state index < -0.39 is 0 Å². The summed E-state index contributed by atoms with van der Waals surface area (Å²) in [6.45, 7) is 13.9. The minimum Gasteiger partial charge on any atom is -0.0622 e. The molecule has 2 aromatic rings. The van der Waals surface area contributed by atoms with E-state index in [4.69, 9.17) is 0 Å². The van der Waals surface area contributed by atoms with E-state index in [2.05, 4.69) is 47.6 Å². The fourth-order valence-electron chi connectivity index (χ4n) is 4.13. The van der Waals surface area contributed by atoms with E-state index in [9.17, 15) is 0 Å². The number of benzene rings is 2.